The summed E-state index contributed by atoms with van der Waals surface area (Å²) in [5, 5.41) is 21.3. The van der Waals surface area contributed by atoms with Gasteiger partial charge < -0.3 is 5.11 Å². The molecule has 1 atom stereocenters. The molecule has 1 N–H and O–H groups in total. The SMILES string of the molecule is N#CC1(C2(O)Cc3ccccc3C2)CCc2ccccc21. The third-order valence-electron chi connectivity index (χ3n) is 5.32. The minimum Gasteiger partial charge on any atom is -0.387 e. The van der Waals surface area contributed by atoms with E-state index in [2.05, 4.69) is 24.3 Å². The van der Waals surface area contributed by atoms with Crippen molar-refractivity contribution in [3.05, 3.63) is 70.8 Å². The van der Waals surface area contributed by atoms with Crippen molar-refractivity contribution in [3.63, 3.8) is 0 Å². The van der Waals surface area contributed by atoms with Crippen LogP contribution in [0.4, 0.5) is 0 Å². The lowest BCUT2D eigenvalue weighted by Gasteiger charge is -2.38. The fourth-order valence-corrected chi connectivity index (χ4v) is 4.21. The molecule has 2 nitrogen and oxygen atoms in total. The van der Waals surface area contributed by atoms with E-state index < -0.39 is 11.0 Å². The van der Waals surface area contributed by atoms with Gasteiger partial charge in [0, 0.05) is 12.8 Å². The topological polar surface area (TPSA) is 44.0 Å². The second kappa shape index (κ2) is 4.19. The number of hydrogen-bond acceptors (Lipinski definition) is 2. The van der Waals surface area contributed by atoms with Crippen molar-refractivity contribution in [2.24, 2.45) is 0 Å². The Bertz CT molecular complexity index is 733. The zero-order valence-corrected chi connectivity index (χ0v) is 11.8. The molecule has 104 valence electrons. The van der Waals surface area contributed by atoms with Gasteiger partial charge in [-0.1, -0.05) is 48.5 Å². The lowest BCUT2D eigenvalue weighted by Crippen LogP contribution is -2.50. The predicted molar refractivity (Wildman–Crippen MR) is 80.9 cm³/mol. The Hall–Kier alpha value is -2.11. The van der Waals surface area contributed by atoms with Crippen molar-refractivity contribution >= 4 is 0 Å². The molecule has 0 spiro atoms. The number of rotatable bonds is 1. The highest BCUT2D eigenvalue weighted by Gasteiger charge is 2.57. The number of nitriles is 1. The lowest BCUT2D eigenvalue weighted by molar-refractivity contribution is -0.00719. The predicted octanol–water partition coefficient (Wildman–Crippen LogP) is 2.92. The first-order valence-electron chi connectivity index (χ1n) is 7.47. The average molecular weight is 275 g/mol. The summed E-state index contributed by atoms with van der Waals surface area (Å²) in [6, 6.07) is 18.7. The first kappa shape index (κ1) is 12.6. The standard InChI is InChI=1S/C19H17NO/c20-13-18(10-9-14-5-3-4-8-17(14)18)19(21)11-15-6-1-2-7-16(15)12-19/h1-8,21H,9-12H2. The van der Waals surface area contributed by atoms with Crippen LogP contribution in [0.3, 0.4) is 0 Å². The van der Waals surface area contributed by atoms with Crippen LogP contribution in [0.2, 0.25) is 0 Å². The van der Waals surface area contributed by atoms with Crippen LogP contribution in [-0.2, 0) is 24.7 Å². The summed E-state index contributed by atoms with van der Waals surface area (Å²) < 4.78 is 0. The van der Waals surface area contributed by atoms with E-state index in [-0.39, 0.29) is 0 Å². The highest BCUT2D eigenvalue weighted by atomic mass is 16.3. The third kappa shape index (κ3) is 1.56. The first-order valence-corrected chi connectivity index (χ1v) is 7.47. The van der Waals surface area contributed by atoms with Gasteiger partial charge in [-0.2, -0.15) is 5.26 Å². The molecule has 1 unspecified atom stereocenters. The summed E-state index contributed by atoms with van der Waals surface area (Å²) in [4.78, 5) is 0. The summed E-state index contributed by atoms with van der Waals surface area (Å²) in [6.07, 6.45) is 2.74. The number of aryl methyl sites for hydroxylation is 1. The molecule has 0 heterocycles. The summed E-state index contributed by atoms with van der Waals surface area (Å²) in [5.41, 5.74) is 2.84. The molecule has 0 aromatic heterocycles. The third-order valence-corrected chi connectivity index (χ3v) is 5.32. The van der Waals surface area contributed by atoms with Gasteiger partial charge in [0.25, 0.3) is 0 Å². The van der Waals surface area contributed by atoms with Crippen molar-refractivity contribution in [1.82, 2.24) is 0 Å². The van der Waals surface area contributed by atoms with Crippen molar-refractivity contribution in [3.8, 4) is 6.07 Å². The van der Waals surface area contributed by atoms with Gasteiger partial charge in [-0.3, -0.25) is 0 Å². The maximum atomic E-state index is 11.4. The number of fused-ring (bicyclic) bond motifs is 2. The fourth-order valence-electron chi connectivity index (χ4n) is 4.21. The van der Waals surface area contributed by atoms with E-state index in [4.69, 9.17) is 0 Å². The van der Waals surface area contributed by atoms with Crippen LogP contribution < -0.4 is 0 Å². The molecular weight excluding hydrogens is 258 g/mol. The molecule has 0 bridgehead atoms. The molecule has 2 heteroatoms. The van der Waals surface area contributed by atoms with E-state index in [1.54, 1.807) is 0 Å². The molecule has 0 saturated carbocycles. The Balaban J connectivity index is 1.85. The van der Waals surface area contributed by atoms with Gasteiger partial charge in [0.1, 0.15) is 5.41 Å². The number of nitrogens with zero attached hydrogens (tertiary/aromatic N) is 1. The van der Waals surface area contributed by atoms with E-state index in [0.29, 0.717) is 19.3 Å². The second-order valence-electron chi connectivity index (χ2n) is 6.33. The number of benzene rings is 2. The van der Waals surface area contributed by atoms with Gasteiger partial charge in [-0.05, 0) is 35.1 Å². The molecule has 2 aromatic rings. The number of hydrogen-bond donors (Lipinski definition) is 1. The van der Waals surface area contributed by atoms with Crippen molar-refractivity contribution in [2.75, 3.05) is 0 Å². The quantitative estimate of drug-likeness (QED) is 0.869. The lowest BCUT2D eigenvalue weighted by atomic mass is 9.67. The van der Waals surface area contributed by atoms with Gasteiger partial charge in [-0.25, -0.2) is 0 Å². The first-order chi connectivity index (χ1) is 10.2. The van der Waals surface area contributed by atoms with E-state index in [0.717, 1.165) is 12.0 Å². The molecule has 2 aliphatic carbocycles. The van der Waals surface area contributed by atoms with Crippen molar-refractivity contribution in [2.45, 2.75) is 36.7 Å². The summed E-state index contributed by atoms with van der Waals surface area (Å²) in [7, 11) is 0. The molecule has 0 amide bonds. The summed E-state index contributed by atoms with van der Waals surface area (Å²) >= 11 is 0. The van der Waals surface area contributed by atoms with Gasteiger partial charge in [0.05, 0.1) is 11.7 Å². The Morgan fingerprint density at radius 3 is 2.10 bits per heavy atom. The molecule has 0 radical (unpaired) electrons. The molecule has 0 fully saturated rings. The fraction of sp³-hybridized carbons (Fsp3) is 0.316. The Kier molecular flexibility index (Phi) is 2.52. The monoisotopic (exact) mass is 275 g/mol. The zero-order valence-electron chi connectivity index (χ0n) is 11.8. The summed E-state index contributed by atoms with van der Waals surface area (Å²) in [6.45, 7) is 0. The van der Waals surface area contributed by atoms with Crippen LogP contribution in [0.15, 0.2) is 48.5 Å². The smallest absolute Gasteiger partial charge is 0.112 e. The maximum Gasteiger partial charge on any atom is 0.112 e. The normalized spacial score (nSPS) is 25.1. The minimum absolute atomic E-state index is 0.574. The van der Waals surface area contributed by atoms with Crippen LogP contribution in [-0.4, -0.2) is 10.7 Å². The van der Waals surface area contributed by atoms with Crippen LogP contribution in [0.5, 0.6) is 0 Å². The Morgan fingerprint density at radius 2 is 1.48 bits per heavy atom. The molecule has 21 heavy (non-hydrogen) atoms. The molecule has 0 saturated heterocycles. The van der Waals surface area contributed by atoms with E-state index in [1.807, 2.05) is 30.3 Å². The van der Waals surface area contributed by atoms with Gasteiger partial charge in [-0.15, -0.1) is 0 Å². The van der Waals surface area contributed by atoms with Crippen molar-refractivity contribution < 1.29 is 5.11 Å². The van der Waals surface area contributed by atoms with Crippen molar-refractivity contribution in [1.29, 1.82) is 5.26 Å². The zero-order chi connectivity index (χ0) is 14.5. The Morgan fingerprint density at radius 1 is 0.905 bits per heavy atom. The van der Waals surface area contributed by atoms with E-state index >= 15 is 0 Å². The molecule has 4 rings (SSSR count). The highest BCUT2D eigenvalue weighted by Crippen LogP contribution is 2.51. The maximum absolute atomic E-state index is 11.4. The molecule has 0 aliphatic heterocycles. The molecular formula is C19H17NO. The Labute approximate surface area is 124 Å². The molecule has 2 aromatic carbocycles. The summed E-state index contributed by atoms with van der Waals surface area (Å²) in [5.74, 6) is 0. The highest BCUT2D eigenvalue weighted by molar-refractivity contribution is 5.51. The van der Waals surface area contributed by atoms with Crippen LogP contribution in [0, 0.1) is 11.3 Å². The van der Waals surface area contributed by atoms with Crippen LogP contribution >= 0.6 is 0 Å². The van der Waals surface area contributed by atoms with E-state index in [9.17, 15) is 10.4 Å². The van der Waals surface area contributed by atoms with Gasteiger partial charge >= 0.3 is 0 Å². The molecule has 2 aliphatic rings. The number of aliphatic hydroxyl groups is 1. The minimum atomic E-state index is -0.988. The largest absolute Gasteiger partial charge is 0.387 e. The van der Waals surface area contributed by atoms with Gasteiger partial charge in [0.2, 0.25) is 0 Å². The van der Waals surface area contributed by atoms with Crippen LogP contribution in [0.1, 0.15) is 28.7 Å². The van der Waals surface area contributed by atoms with Crippen LogP contribution in [0.25, 0.3) is 0 Å². The van der Waals surface area contributed by atoms with E-state index in [1.165, 1.54) is 16.7 Å². The second-order valence-corrected chi connectivity index (χ2v) is 6.33. The van der Waals surface area contributed by atoms with Gasteiger partial charge in [0.15, 0.2) is 0 Å². The average Bonchev–Trinajstić information content (AvgIpc) is 3.05.